The van der Waals surface area contributed by atoms with Crippen molar-refractivity contribution in [2.45, 2.75) is 39.0 Å². The van der Waals surface area contributed by atoms with Crippen LogP contribution in [0, 0.1) is 11.3 Å². The molecule has 1 atom stereocenters. The van der Waals surface area contributed by atoms with E-state index in [0.717, 1.165) is 31.2 Å². The van der Waals surface area contributed by atoms with Crippen LogP contribution < -0.4 is 5.32 Å². The van der Waals surface area contributed by atoms with Crippen molar-refractivity contribution in [2.24, 2.45) is 11.3 Å². The highest BCUT2D eigenvalue weighted by molar-refractivity contribution is 6.30. The number of carboxylic acids is 1. The third-order valence-corrected chi connectivity index (χ3v) is 4.70. The van der Waals surface area contributed by atoms with E-state index in [0.29, 0.717) is 11.4 Å². The van der Waals surface area contributed by atoms with Crippen molar-refractivity contribution >= 4 is 23.5 Å². The Morgan fingerprint density at radius 2 is 2.05 bits per heavy atom. The minimum Gasteiger partial charge on any atom is -0.481 e. The van der Waals surface area contributed by atoms with Crippen molar-refractivity contribution in [3.05, 3.63) is 34.9 Å². The first-order valence-electron chi connectivity index (χ1n) is 7.68. The fourth-order valence-corrected chi connectivity index (χ4v) is 3.31. The van der Waals surface area contributed by atoms with Crippen LogP contribution in [-0.4, -0.2) is 23.5 Å². The van der Waals surface area contributed by atoms with Gasteiger partial charge in [-0.25, -0.2) is 0 Å². The molecule has 4 nitrogen and oxygen atoms in total. The Bertz CT molecular complexity index is 553. The summed E-state index contributed by atoms with van der Waals surface area (Å²) in [5, 5.41) is 12.4. The van der Waals surface area contributed by atoms with Crippen LogP contribution in [0.1, 0.15) is 38.2 Å². The predicted octanol–water partition coefficient (Wildman–Crippen LogP) is 3.28. The van der Waals surface area contributed by atoms with Gasteiger partial charge < -0.3 is 10.4 Å². The lowest BCUT2D eigenvalue weighted by atomic mass is 9.79. The lowest BCUT2D eigenvalue weighted by Crippen LogP contribution is -2.43. The summed E-state index contributed by atoms with van der Waals surface area (Å²) >= 11 is 6.03. The molecule has 1 aliphatic carbocycles. The molecule has 1 amide bonds. The number of hydrogen-bond acceptors (Lipinski definition) is 2. The van der Waals surface area contributed by atoms with Crippen molar-refractivity contribution in [2.75, 3.05) is 6.54 Å². The second-order valence-electron chi connectivity index (χ2n) is 6.24. The number of carboxylic acid groups (broad SMARTS) is 1. The van der Waals surface area contributed by atoms with Gasteiger partial charge in [0.1, 0.15) is 0 Å². The van der Waals surface area contributed by atoms with Gasteiger partial charge in [0, 0.05) is 11.6 Å². The smallest absolute Gasteiger partial charge is 0.308 e. The van der Waals surface area contributed by atoms with Gasteiger partial charge in [-0.1, -0.05) is 43.5 Å². The van der Waals surface area contributed by atoms with Gasteiger partial charge in [0.2, 0.25) is 5.91 Å². The van der Waals surface area contributed by atoms with E-state index in [-0.39, 0.29) is 12.5 Å². The van der Waals surface area contributed by atoms with Crippen molar-refractivity contribution in [1.82, 2.24) is 5.32 Å². The first-order valence-corrected chi connectivity index (χ1v) is 8.06. The zero-order valence-corrected chi connectivity index (χ0v) is 13.5. The second kappa shape index (κ2) is 7.14. The number of amides is 1. The molecule has 1 aromatic rings. The highest BCUT2D eigenvalue weighted by Gasteiger charge is 2.41. The monoisotopic (exact) mass is 323 g/mol. The van der Waals surface area contributed by atoms with Crippen LogP contribution in [0.4, 0.5) is 0 Å². The average molecular weight is 324 g/mol. The molecule has 0 aliphatic heterocycles. The Hall–Kier alpha value is -1.55. The van der Waals surface area contributed by atoms with Gasteiger partial charge >= 0.3 is 5.97 Å². The SMILES string of the molecule is CC(CNC(=O)C1(Cc2cccc(Cl)c2)CCCC1)C(=O)O. The quantitative estimate of drug-likeness (QED) is 0.844. The van der Waals surface area contributed by atoms with Gasteiger partial charge in [0.25, 0.3) is 0 Å². The van der Waals surface area contributed by atoms with E-state index in [1.807, 2.05) is 24.3 Å². The van der Waals surface area contributed by atoms with Gasteiger partial charge in [-0.05, 0) is 37.0 Å². The molecule has 0 bridgehead atoms. The molecule has 1 fully saturated rings. The molecule has 5 heteroatoms. The molecule has 0 aromatic heterocycles. The van der Waals surface area contributed by atoms with Crippen molar-refractivity contribution in [3.63, 3.8) is 0 Å². The van der Waals surface area contributed by atoms with E-state index in [4.69, 9.17) is 16.7 Å². The van der Waals surface area contributed by atoms with E-state index in [2.05, 4.69) is 5.32 Å². The number of benzene rings is 1. The summed E-state index contributed by atoms with van der Waals surface area (Å²) in [6.07, 6.45) is 4.39. The van der Waals surface area contributed by atoms with Crippen molar-refractivity contribution < 1.29 is 14.7 Å². The van der Waals surface area contributed by atoms with Crippen LogP contribution in [0.25, 0.3) is 0 Å². The topological polar surface area (TPSA) is 66.4 Å². The number of aliphatic carboxylic acids is 1. The normalized spacial score (nSPS) is 17.9. The summed E-state index contributed by atoms with van der Waals surface area (Å²) in [7, 11) is 0. The van der Waals surface area contributed by atoms with Crippen LogP contribution in [0.3, 0.4) is 0 Å². The van der Waals surface area contributed by atoms with Gasteiger partial charge in [-0.2, -0.15) is 0 Å². The third-order valence-electron chi connectivity index (χ3n) is 4.46. The molecule has 1 unspecified atom stereocenters. The minimum absolute atomic E-state index is 0.0296. The molecule has 0 saturated heterocycles. The molecular weight excluding hydrogens is 302 g/mol. The summed E-state index contributed by atoms with van der Waals surface area (Å²) < 4.78 is 0. The number of carbonyl (C=O) groups excluding carboxylic acids is 1. The Labute approximate surface area is 135 Å². The van der Waals surface area contributed by atoms with Gasteiger partial charge in [-0.3, -0.25) is 9.59 Å². The van der Waals surface area contributed by atoms with Crippen LogP contribution in [0.15, 0.2) is 24.3 Å². The lowest BCUT2D eigenvalue weighted by Gasteiger charge is -2.28. The van der Waals surface area contributed by atoms with Gasteiger partial charge in [0.15, 0.2) is 0 Å². The van der Waals surface area contributed by atoms with Crippen LogP contribution in [0.2, 0.25) is 5.02 Å². The Morgan fingerprint density at radius 1 is 1.36 bits per heavy atom. The predicted molar refractivity (Wildman–Crippen MR) is 85.9 cm³/mol. The Kier molecular flexibility index (Phi) is 5.46. The van der Waals surface area contributed by atoms with E-state index in [9.17, 15) is 9.59 Å². The molecule has 2 N–H and O–H groups in total. The fourth-order valence-electron chi connectivity index (χ4n) is 3.09. The molecule has 0 radical (unpaired) electrons. The number of rotatable bonds is 6. The second-order valence-corrected chi connectivity index (χ2v) is 6.68. The molecule has 0 heterocycles. The number of carbonyl (C=O) groups is 2. The highest BCUT2D eigenvalue weighted by atomic mass is 35.5. The zero-order valence-electron chi connectivity index (χ0n) is 12.8. The van der Waals surface area contributed by atoms with Gasteiger partial charge in [0.05, 0.1) is 11.3 Å². The number of nitrogens with one attached hydrogen (secondary N) is 1. The lowest BCUT2D eigenvalue weighted by molar-refractivity contribution is -0.141. The molecule has 22 heavy (non-hydrogen) atoms. The van der Waals surface area contributed by atoms with Crippen LogP contribution >= 0.6 is 11.6 Å². The van der Waals surface area contributed by atoms with Crippen LogP contribution in [-0.2, 0) is 16.0 Å². The molecule has 1 saturated carbocycles. The van der Waals surface area contributed by atoms with Crippen LogP contribution in [0.5, 0.6) is 0 Å². The third kappa shape index (κ3) is 4.01. The minimum atomic E-state index is -0.893. The molecular formula is C17H22ClNO3. The van der Waals surface area contributed by atoms with Crippen molar-refractivity contribution in [1.29, 1.82) is 0 Å². The van der Waals surface area contributed by atoms with Crippen molar-refractivity contribution in [3.8, 4) is 0 Å². The molecule has 2 rings (SSSR count). The summed E-state index contributed by atoms with van der Waals surface area (Å²) in [6, 6.07) is 7.60. The first kappa shape index (κ1) is 16.8. The molecule has 0 spiro atoms. The zero-order chi connectivity index (χ0) is 16.2. The molecule has 1 aliphatic rings. The summed E-state index contributed by atoms with van der Waals surface area (Å²) in [5.74, 6) is -1.50. The summed E-state index contributed by atoms with van der Waals surface area (Å²) in [6.45, 7) is 1.77. The number of halogens is 1. The van der Waals surface area contributed by atoms with Gasteiger partial charge in [-0.15, -0.1) is 0 Å². The first-order chi connectivity index (χ1) is 10.4. The maximum Gasteiger partial charge on any atom is 0.308 e. The Balaban J connectivity index is 2.07. The maximum absolute atomic E-state index is 12.6. The highest BCUT2D eigenvalue weighted by Crippen LogP contribution is 2.41. The molecule has 1 aromatic carbocycles. The summed E-state index contributed by atoms with van der Waals surface area (Å²) in [4.78, 5) is 23.5. The van der Waals surface area contributed by atoms with E-state index in [1.165, 1.54) is 0 Å². The Morgan fingerprint density at radius 3 is 2.64 bits per heavy atom. The average Bonchev–Trinajstić information content (AvgIpc) is 2.94. The maximum atomic E-state index is 12.6. The largest absolute Gasteiger partial charge is 0.481 e. The summed E-state index contributed by atoms with van der Waals surface area (Å²) in [5.41, 5.74) is 0.624. The van der Waals surface area contributed by atoms with E-state index in [1.54, 1.807) is 6.92 Å². The standard InChI is InChI=1S/C17H22ClNO3/c1-12(15(20)21)11-19-16(22)17(7-2-3-8-17)10-13-5-4-6-14(18)9-13/h4-6,9,12H,2-3,7-8,10-11H2,1H3,(H,19,22)(H,20,21). The molecule has 120 valence electrons. The fraction of sp³-hybridized carbons (Fsp3) is 0.529. The number of hydrogen-bond donors (Lipinski definition) is 2. The van der Waals surface area contributed by atoms with E-state index >= 15 is 0 Å². The van der Waals surface area contributed by atoms with E-state index < -0.39 is 17.3 Å².